The lowest BCUT2D eigenvalue weighted by molar-refractivity contribution is -0.0592. The van der Waals surface area contributed by atoms with Crippen LogP contribution >= 0.6 is 0 Å². The molecule has 4 aliphatic carbocycles. The minimum atomic E-state index is -0.0647. The van der Waals surface area contributed by atoms with Crippen LogP contribution in [0.25, 0.3) is 0 Å². The van der Waals surface area contributed by atoms with Crippen molar-refractivity contribution in [3.05, 3.63) is 36.1 Å². The monoisotopic (exact) mass is 724 g/mol. The molecule has 0 saturated heterocycles. The molecule has 1 N–H and O–H groups in total. The molecule has 0 spiro atoms. The lowest BCUT2D eigenvalue weighted by Crippen LogP contribution is -2.50. The summed E-state index contributed by atoms with van der Waals surface area (Å²) in [4.78, 5) is 0. The summed E-state index contributed by atoms with van der Waals surface area (Å²) in [6, 6.07) is 0. The molecule has 0 bridgehead atoms. The highest BCUT2D eigenvalue weighted by Crippen LogP contribution is 2.67. The predicted octanol–water partition coefficient (Wildman–Crippen LogP) is 12.9. The summed E-state index contributed by atoms with van der Waals surface area (Å²) >= 11 is 0. The number of rotatable bonds is 23. The summed E-state index contributed by atoms with van der Waals surface area (Å²) in [6.45, 7) is 26.4. The molecule has 300 valence electrons. The normalized spacial score (nSPS) is 31.3. The van der Waals surface area contributed by atoms with Gasteiger partial charge in [0.05, 0.1) is 18.5 Å². The highest BCUT2D eigenvalue weighted by molar-refractivity contribution is 5.25. The molecule has 3 fully saturated rings. The largest absolute Gasteiger partial charge is 0.495 e. The van der Waals surface area contributed by atoms with Gasteiger partial charge in [-0.1, -0.05) is 111 Å². The summed E-state index contributed by atoms with van der Waals surface area (Å²) < 4.78 is 18.7. The van der Waals surface area contributed by atoms with Gasteiger partial charge in [0.2, 0.25) is 0 Å². The number of hydrogen-bond acceptors (Lipinski definition) is 4. The van der Waals surface area contributed by atoms with Crippen molar-refractivity contribution < 1.29 is 14.2 Å². The minimum Gasteiger partial charge on any atom is -0.495 e. The summed E-state index contributed by atoms with van der Waals surface area (Å²) in [6.07, 6.45) is 30.9. The van der Waals surface area contributed by atoms with Crippen molar-refractivity contribution in [2.75, 3.05) is 33.9 Å². The number of fused-ring (bicyclic) bond motifs is 5. The second-order valence-electron chi connectivity index (χ2n) is 20.0. The molecule has 4 rings (SSSR count). The molecule has 8 unspecified atom stereocenters. The lowest BCUT2D eigenvalue weighted by atomic mass is 9.47. The molecular weight excluding hydrogens is 639 g/mol. The van der Waals surface area contributed by atoms with Gasteiger partial charge in [0, 0.05) is 25.6 Å². The van der Waals surface area contributed by atoms with E-state index in [0.717, 1.165) is 80.6 Å². The molecule has 0 aliphatic heterocycles. The second kappa shape index (κ2) is 19.7. The highest BCUT2D eigenvalue weighted by Gasteiger charge is 2.58. The average Bonchev–Trinajstić information content (AvgIpc) is 3.43. The van der Waals surface area contributed by atoms with Crippen LogP contribution in [-0.2, 0) is 14.2 Å². The van der Waals surface area contributed by atoms with Crippen molar-refractivity contribution in [2.45, 2.75) is 183 Å². The fraction of sp³-hybridized carbons (Fsp3) is 0.875. The molecule has 0 amide bonds. The third kappa shape index (κ3) is 10.6. The van der Waals surface area contributed by atoms with Gasteiger partial charge in [-0.3, -0.25) is 0 Å². The number of nitrogens with one attached hydrogen (secondary N) is 1. The van der Waals surface area contributed by atoms with E-state index in [1.165, 1.54) is 83.5 Å². The Morgan fingerprint density at radius 1 is 0.962 bits per heavy atom. The van der Waals surface area contributed by atoms with Gasteiger partial charge in [0.15, 0.2) is 0 Å². The average molecular weight is 724 g/mol. The zero-order chi connectivity index (χ0) is 38.0. The lowest BCUT2D eigenvalue weighted by Gasteiger charge is -2.58. The topological polar surface area (TPSA) is 39.7 Å². The molecule has 0 heterocycles. The maximum atomic E-state index is 6.69. The van der Waals surface area contributed by atoms with Gasteiger partial charge in [0.1, 0.15) is 6.10 Å². The van der Waals surface area contributed by atoms with E-state index in [-0.39, 0.29) is 16.9 Å². The SMILES string of the molecule is C=C(CCCNC)OC(CCCCCOC1CCC2(C)C(=CCC3C2CCC2(C)C(CCCCC(C)C)CCC32)C1)C(C)(C)C(C)(C)/C=C/COC. The van der Waals surface area contributed by atoms with Crippen molar-refractivity contribution >= 4 is 0 Å². The third-order valence-electron chi connectivity index (χ3n) is 15.8. The zero-order valence-electron chi connectivity index (χ0n) is 36.1. The fourth-order valence-electron chi connectivity index (χ4n) is 11.5. The number of allylic oxidation sites excluding steroid dienone is 3. The molecule has 0 aromatic rings. The first-order valence-electron chi connectivity index (χ1n) is 22.2. The predicted molar refractivity (Wildman–Crippen MR) is 222 cm³/mol. The van der Waals surface area contributed by atoms with E-state index in [1.54, 1.807) is 12.7 Å². The summed E-state index contributed by atoms with van der Waals surface area (Å²) in [5.41, 5.74) is 2.66. The molecule has 4 heteroatoms. The maximum absolute atomic E-state index is 6.69. The Labute approximate surface area is 323 Å². The quantitative estimate of drug-likeness (QED) is 0.0647. The van der Waals surface area contributed by atoms with E-state index in [2.05, 4.69) is 85.5 Å². The molecule has 0 radical (unpaired) electrons. The first-order chi connectivity index (χ1) is 24.7. The molecule has 4 nitrogen and oxygen atoms in total. The van der Waals surface area contributed by atoms with Gasteiger partial charge in [-0.25, -0.2) is 0 Å². The van der Waals surface area contributed by atoms with Gasteiger partial charge in [-0.2, -0.15) is 0 Å². The van der Waals surface area contributed by atoms with Crippen LogP contribution in [-0.4, -0.2) is 46.1 Å². The molecule has 0 aromatic heterocycles. The Morgan fingerprint density at radius 3 is 2.46 bits per heavy atom. The summed E-state index contributed by atoms with van der Waals surface area (Å²) in [5.74, 6) is 5.51. The third-order valence-corrected chi connectivity index (χ3v) is 15.8. The van der Waals surface area contributed by atoms with E-state index < -0.39 is 0 Å². The Kier molecular flexibility index (Phi) is 16.5. The molecule has 4 aliphatic rings. The zero-order valence-corrected chi connectivity index (χ0v) is 36.1. The highest BCUT2D eigenvalue weighted by atomic mass is 16.5. The van der Waals surface area contributed by atoms with E-state index in [1.807, 2.05) is 7.05 Å². The molecule has 3 saturated carbocycles. The minimum absolute atomic E-state index is 0.0441. The smallest absolute Gasteiger partial charge is 0.104 e. The van der Waals surface area contributed by atoms with Gasteiger partial charge >= 0.3 is 0 Å². The van der Waals surface area contributed by atoms with Crippen LogP contribution in [0, 0.1) is 51.2 Å². The Hall–Kier alpha value is -1.10. The molecule has 52 heavy (non-hydrogen) atoms. The van der Waals surface area contributed by atoms with E-state index in [0.29, 0.717) is 23.5 Å². The van der Waals surface area contributed by atoms with Crippen LogP contribution < -0.4 is 5.32 Å². The van der Waals surface area contributed by atoms with Crippen molar-refractivity contribution in [1.29, 1.82) is 0 Å². The van der Waals surface area contributed by atoms with Gasteiger partial charge < -0.3 is 19.5 Å². The standard InChI is InChI=1S/C48H85NO3/c1-36(2)19-14-15-21-38-24-26-42-41-25-23-39-35-40(27-30-48(39,9)43(41)28-31-47(38,42)8)51-34-16-12-13-22-44(52-37(3)20-17-32-49-10)46(6,7)45(4,5)29-18-33-50-11/h18,23,29,36,38,40-44,49H,3,12-17,19-22,24-28,30-35H2,1-2,4-11H3/b29-18+. The number of unbranched alkanes of at least 4 members (excludes halogenated alkanes) is 3. The van der Waals surface area contributed by atoms with E-state index in [9.17, 15) is 0 Å². The van der Waals surface area contributed by atoms with Crippen LogP contribution in [0.5, 0.6) is 0 Å². The number of ether oxygens (including phenoxy) is 3. The van der Waals surface area contributed by atoms with Gasteiger partial charge in [0.25, 0.3) is 0 Å². The van der Waals surface area contributed by atoms with E-state index in [4.69, 9.17) is 14.2 Å². The molecule has 8 atom stereocenters. The van der Waals surface area contributed by atoms with Crippen molar-refractivity contribution in [3.8, 4) is 0 Å². The second-order valence-corrected chi connectivity index (χ2v) is 20.0. The Morgan fingerprint density at radius 2 is 1.73 bits per heavy atom. The first kappa shape index (κ1) is 43.6. The van der Waals surface area contributed by atoms with Crippen LogP contribution in [0.4, 0.5) is 0 Å². The van der Waals surface area contributed by atoms with Gasteiger partial charge in [-0.05, 0) is 143 Å². The van der Waals surface area contributed by atoms with Crippen LogP contribution in [0.1, 0.15) is 171 Å². The van der Waals surface area contributed by atoms with Gasteiger partial charge in [-0.15, -0.1) is 0 Å². The maximum Gasteiger partial charge on any atom is 0.104 e. The van der Waals surface area contributed by atoms with Crippen molar-refractivity contribution in [1.82, 2.24) is 5.32 Å². The number of methoxy groups -OCH3 is 1. The van der Waals surface area contributed by atoms with E-state index >= 15 is 0 Å². The van der Waals surface area contributed by atoms with Crippen molar-refractivity contribution in [3.63, 3.8) is 0 Å². The Balaban J connectivity index is 1.25. The Bertz CT molecular complexity index is 1150. The van der Waals surface area contributed by atoms with Crippen molar-refractivity contribution in [2.24, 2.45) is 51.2 Å². The molecule has 0 aromatic carbocycles. The first-order valence-corrected chi connectivity index (χ1v) is 22.2. The van der Waals surface area contributed by atoms with Crippen LogP contribution in [0.15, 0.2) is 36.1 Å². The fourth-order valence-corrected chi connectivity index (χ4v) is 11.5. The summed E-state index contributed by atoms with van der Waals surface area (Å²) in [5, 5.41) is 3.25. The van der Waals surface area contributed by atoms with Crippen LogP contribution in [0.2, 0.25) is 0 Å². The number of hydrogen-bond donors (Lipinski definition) is 1. The van der Waals surface area contributed by atoms with Crippen LogP contribution in [0.3, 0.4) is 0 Å². The summed E-state index contributed by atoms with van der Waals surface area (Å²) in [7, 11) is 3.76. The molecular formula is C48H85NO3.